The van der Waals surface area contributed by atoms with Crippen LogP contribution in [0.5, 0.6) is 5.75 Å². The Balaban J connectivity index is 1.97. The molecule has 1 N–H and O–H groups in total. The van der Waals surface area contributed by atoms with E-state index < -0.39 is 23.8 Å². The number of aliphatic hydroxyl groups is 1. The second-order valence-corrected chi connectivity index (χ2v) is 4.56. The van der Waals surface area contributed by atoms with Gasteiger partial charge in [0.2, 0.25) is 0 Å². The van der Waals surface area contributed by atoms with Crippen LogP contribution in [0.3, 0.4) is 0 Å². The summed E-state index contributed by atoms with van der Waals surface area (Å²) in [6, 6.07) is 10.5. The second-order valence-electron chi connectivity index (χ2n) is 4.56. The second kappa shape index (κ2) is 4.63. The molecule has 3 rings (SSSR count). The molecule has 0 saturated carbocycles. The van der Waals surface area contributed by atoms with Crippen LogP contribution < -0.4 is 4.74 Å². The summed E-state index contributed by atoms with van der Waals surface area (Å²) in [5, 5.41) is 10.1. The fourth-order valence-electron chi connectivity index (χ4n) is 2.35. The molecule has 1 unspecified atom stereocenters. The zero-order valence-corrected chi connectivity index (χ0v) is 10.0. The highest BCUT2D eigenvalue weighted by molar-refractivity contribution is 5.38. The van der Waals surface area contributed by atoms with E-state index in [-0.39, 0.29) is 12.0 Å². The van der Waals surface area contributed by atoms with Gasteiger partial charge in [-0.2, -0.15) is 0 Å². The van der Waals surface area contributed by atoms with Crippen molar-refractivity contribution in [3.05, 3.63) is 65.2 Å². The van der Waals surface area contributed by atoms with Gasteiger partial charge in [-0.1, -0.05) is 18.2 Å². The smallest absolute Gasteiger partial charge is 0.133 e. The SMILES string of the molecule is O[C@H]1CC(c2ccc(F)cc2F)Oc2ccccc21. The highest BCUT2D eigenvalue weighted by Crippen LogP contribution is 2.41. The minimum Gasteiger partial charge on any atom is -0.485 e. The maximum absolute atomic E-state index is 13.7. The molecule has 2 aromatic carbocycles. The molecule has 0 aromatic heterocycles. The average Bonchev–Trinajstić information content (AvgIpc) is 2.38. The van der Waals surface area contributed by atoms with Crippen LogP contribution >= 0.6 is 0 Å². The summed E-state index contributed by atoms with van der Waals surface area (Å²) >= 11 is 0. The van der Waals surface area contributed by atoms with Crippen molar-refractivity contribution in [2.75, 3.05) is 0 Å². The van der Waals surface area contributed by atoms with Crippen LogP contribution in [-0.2, 0) is 0 Å². The van der Waals surface area contributed by atoms with Gasteiger partial charge in [0.15, 0.2) is 0 Å². The highest BCUT2D eigenvalue weighted by atomic mass is 19.1. The molecule has 2 nitrogen and oxygen atoms in total. The maximum atomic E-state index is 13.7. The molecular weight excluding hydrogens is 250 g/mol. The van der Waals surface area contributed by atoms with Gasteiger partial charge in [-0.25, -0.2) is 8.78 Å². The van der Waals surface area contributed by atoms with Gasteiger partial charge in [0, 0.05) is 23.6 Å². The minimum absolute atomic E-state index is 0.250. The molecule has 1 heterocycles. The largest absolute Gasteiger partial charge is 0.485 e. The molecule has 1 aliphatic rings. The zero-order valence-electron chi connectivity index (χ0n) is 10.0. The molecule has 2 aromatic rings. The van der Waals surface area contributed by atoms with E-state index in [1.165, 1.54) is 12.1 Å². The molecule has 0 radical (unpaired) electrons. The van der Waals surface area contributed by atoms with E-state index in [0.717, 1.165) is 6.07 Å². The third-order valence-corrected chi connectivity index (χ3v) is 3.29. The summed E-state index contributed by atoms with van der Waals surface area (Å²) in [6.45, 7) is 0. The van der Waals surface area contributed by atoms with Crippen LogP contribution in [0.25, 0.3) is 0 Å². The van der Waals surface area contributed by atoms with E-state index in [1.54, 1.807) is 18.2 Å². The van der Waals surface area contributed by atoms with Crippen molar-refractivity contribution >= 4 is 0 Å². The zero-order chi connectivity index (χ0) is 13.4. The number of ether oxygens (including phenoxy) is 1. The van der Waals surface area contributed by atoms with E-state index in [9.17, 15) is 13.9 Å². The number of hydrogen-bond donors (Lipinski definition) is 1. The molecule has 19 heavy (non-hydrogen) atoms. The van der Waals surface area contributed by atoms with Gasteiger partial charge in [-0.3, -0.25) is 0 Å². The third kappa shape index (κ3) is 2.19. The summed E-state index contributed by atoms with van der Waals surface area (Å²) in [5.41, 5.74) is 0.955. The molecular formula is C15H12F2O2. The molecule has 4 heteroatoms. The van der Waals surface area contributed by atoms with Gasteiger partial charge >= 0.3 is 0 Å². The molecule has 0 bridgehead atoms. The summed E-state index contributed by atoms with van der Waals surface area (Å²) in [5.74, 6) is -0.746. The number of benzene rings is 2. The molecule has 2 atom stereocenters. The standard InChI is InChI=1S/C15H12F2O2/c16-9-5-6-10(12(17)7-9)15-8-13(18)11-3-1-2-4-14(11)19-15/h1-7,13,15,18H,8H2/t13-,15?/m0/s1. The van der Waals surface area contributed by atoms with Gasteiger partial charge in [0.1, 0.15) is 23.5 Å². The lowest BCUT2D eigenvalue weighted by atomic mass is 9.95. The molecule has 0 saturated heterocycles. The Hall–Kier alpha value is -1.94. The topological polar surface area (TPSA) is 29.5 Å². The predicted molar refractivity (Wildman–Crippen MR) is 65.7 cm³/mol. The first-order valence-electron chi connectivity index (χ1n) is 6.04. The summed E-state index contributed by atoms with van der Waals surface area (Å²) in [6.07, 6.45) is -1.07. The Labute approximate surface area is 109 Å². The number of hydrogen-bond acceptors (Lipinski definition) is 2. The maximum Gasteiger partial charge on any atom is 0.133 e. The van der Waals surface area contributed by atoms with Crippen molar-refractivity contribution in [3.63, 3.8) is 0 Å². The number of para-hydroxylation sites is 1. The van der Waals surface area contributed by atoms with Crippen LogP contribution in [0.2, 0.25) is 0 Å². The average molecular weight is 262 g/mol. The van der Waals surface area contributed by atoms with Gasteiger partial charge in [0.05, 0.1) is 6.10 Å². The van der Waals surface area contributed by atoms with E-state index in [2.05, 4.69) is 0 Å². The van der Waals surface area contributed by atoms with Gasteiger partial charge in [0.25, 0.3) is 0 Å². The summed E-state index contributed by atoms with van der Waals surface area (Å²) in [7, 11) is 0. The predicted octanol–water partition coefficient (Wildman–Crippen LogP) is 3.52. The fraction of sp³-hybridized carbons (Fsp3) is 0.200. The Bertz CT molecular complexity index is 613. The monoisotopic (exact) mass is 262 g/mol. The van der Waals surface area contributed by atoms with Crippen LogP contribution in [0.4, 0.5) is 8.78 Å². The molecule has 0 fully saturated rings. The van der Waals surface area contributed by atoms with Crippen molar-refractivity contribution in [3.8, 4) is 5.75 Å². The van der Waals surface area contributed by atoms with Crippen molar-refractivity contribution < 1.29 is 18.6 Å². The first-order chi connectivity index (χ1) is 9.15. The lowest BCUT2D eigenvalue weighted by Crippen LogP contribution is -2.19. The Morgan fingerprint density at radius 1 is 1.05 bits per heavy atom. The third-order valence-electron chi connectivity index (χ3n) is 3.29. The van der Waals surface area contributed by atoms with Crippen molar-refractivity contribution in [2.45, 2.75) is 18.6 Å². The first kappa shape index (κ1) is 12.1. The number of fused-ring (bicyclic) bond motifs is 1. The van der Waals surface area contributed by atoms with E-state index in [1.807, 2.05) is 6.07 Å². The fourth-order valence-corrected chi connectivity index (χ4v) is 2.35. The Morgan fingerprint density at radius 2 is 1.84 bits per heavy atom. The van der Waals surface area contributed by atoms with Crippen LogP contribution in [0.15, 0.2) is 42.5 Å². The number of rotatable bonds is 1. The Kier molecular flexibility index (Phi) is 2.95. The van der Waals surface area contributed by atoms with Crippen molar-refractivity contribution in [1.82, 2.24) is 0 Å². The van der Waals surface area contributed by atoms with E-state index >= 15 is 0 Å². The van der Waals surface area contributed by atoms with Crippen LogP contribution in [0.1, 0.15) is 29.8 Å². The van der Waals surface area contributed by atoms with Gasteiger partial charge in [-0.15, -0.1) is 0 Å². The molecule has 1 aliphatic heterocycles. The van der Waals surface area contributed by atoms with Crippen molar-refractivity contribution in [2.24, 2.45) is 0 Å². The van der Waals surface area contributed by atoms with Crippen LogP contribution in [0, 0.1) is 11.6 Å². The van der Waals surface area contributed by atoms with Crippen LogP contribution in [-0.4, -0.2) is 5.11 Å². The first-order valence-corrected chi connectivity index (χ1v) is 6.04. The van der Waals surface area contributed by atoms with Gasteiger partial charge < -0.3 is 9.84 Å². The van der Waals surface area contributed by atoms with Crippen molar-refractivity contribution in [1.29, 1.82) is 0 Å². The number of aliphatic hydroxyl groups excluding tert-OH is 1. The lowest BCUT2D eigenvalue weighted by molar-refractivity contribution is 0.0640. The minimum atomic E-state index is -0.709. The molecule has 0 spiro atoms. The Morgan fingerprint density at radius 3 is 2.63 bits per heavy atom. The van der Waals surface area contributed by atoms with E-state index in [4.69, 9.17) is 4.74 Å². The summed E-state index contributed by atoms with van der Waals surface area (Å²) < 4.78 is 32.3. The molecule has 98 valence electrons. The van der Waals surface area contributed by atoms with E-state index in [0.29, 0.717) is 11.3 Å². The van der Waals surface area contributed by atoms with Gasteiger partial charge in [-0.05, 0) is 18.2 Å². The summed E-state index contributed by atoms with van der Waals surface area (Å²) in [4.78, 5) is 0. The quantitative estimate of drug-likeness (QED) is 0.852. The molecule has 0 aliphatic carbocycles. The lowest BCUT2D eigenvalue weighted by Gasteiger charge is -2.30. The normalized spacial score (nSPS) is 21.6. The molecule has 0 amide bonds. The highest BCUT2D eigenvalue weighted by Gasteiger charge is 2.29. The number of halogens is 2.